The normalized spacial score (nSPS) is 20.6. The molecule has 0 amide bonds. The summed E-state index contributed by atoms with van der Waals surface area (Å²) in [5.41, 5.74) is 0.636. The van der Waals surface area contributed by atoms with Gasteiger partial charge in [-0.1, -0.05) is 6.07 Å². The van der Waals surface area contributed by atoms with Crippen molar-refractivity contribution in [1.82, 2.24) is 0 Å². The molecule has 1 aromatic carbocycles. The van der Waals surface area contributed by atoms with E-state index in [0.29, 0.717) is 0 Å². The van der Waals surface area contributed by atoms with Gasteiger partial charge in [-0.25, -0.2) is 4.79 Å². The molecule has 5 heteroatoms. The van der Waals surface area contributed by atoms with E-state index in [4.69, 9.17) is 9.47 Å². The van der Waals surface area contributed by atoms with Crippen LogP contribution in [0.5, 0.6) is 11.5 Å². The van der Waals surface area contributed by atoms with Crippen LogP contribution in [-0.2, 0) is 10.3 Å². The number of hydrogen-bond donors (Lipinski definition) is 0. The number of methoxy groups -OCH3 is 1. The first kappa shape index (κ1) is 15.4. The fraction of sp³-hybridized carbons (Fsp3) is 0.588. The SMILES string of the molecule is COc1ccc(C2(N=C=O)CCC2)cc1OC1CCSCC1. The summed E-state index contributed by atoms with van der Waals surface area (Å²) < 4.78 is 11.6. The van der Waals surface area contributed by atoms with Crippen molar-refractivity contribution >= 4 is 17.8 Å². The topological polar surface area (TPSA) is 47.9 Å². The van der Waals surface area contributed by atoms with E-state index in [-0.39, 0.29) is 6.10 Å². The lowest BCUT2D eigenvalue weighted by atomic mass is 9.72. The van der Waals surface area contributed by atoms with Crippen LogP contribution in [0.15, 0.2) is 23.2 Å². The van der Waals surface area contributed by atoms with E-state index in [1.165, 1.54) is 0 Å². The summed E-state index contributed by atoms with van der Waals surface area (Å²) >= 11 is 1.98. The zero-order valence-corrected chi connectivity index (χ0v) is 13.7. The number of hydrogen-bond acceptors (Lipinski definition) is 5. The molecular formula is C17H21NO3S. The molecule has 2 fully saturated rings. The second-order valence-electron chi connectivity index (χ2n) is 5.88. The first-order valence-corrected chi connectivity index (χ1v) is 8.95. The molecule has 0 aromatic heterocycles. The summed E-state index contributed by atoms with van der Waals surface area (Å²) in [6.45, 7) is 0. The van der Waals surface area contributed by atoms with Crippen molar-refractivity contribution in [2.24, 2.45) is 4.99 Å². The van der Waals surface area contributed by atoms with Crippen molar-refractivity contribution in [3.8, 4) is 11.5 Å². The minimum Gasteiger partial charge on any atom is -0.493 e. The van der Waals surface area contributed by atoms with Gasteiger partial charge < -0.3 is 9.47 Å². The van der Waals surface area contributed by atoms with Crippen molar-refractivity contribution in [1.29, 1.82) is 0 Å². The molecule has 0 bridgehead atoms. The third-order valence-corrected chi connectivity index (χ3v) is 5.65. The number of thioether (sulfide) groups is 1. The Morgan fingerprint density at radius 3 is 2.64 bits per heavy atom. The standard InChI is InChI=1S/C17H21NO3S/c1-20-15-4-3-13(17(18-12-19)7-2-8-17)11-16(15)21-14-5-9-22-10-6-14/h3-4,11,14H,2,5-10H2,1H3. The fourth-order valence-electron chi connectivity index (χ4n) is 3.10. The molecule has 0 atom stereocenters. The van der Waals surface area contributed by atoms with E-state index in [0.717, 1.165) is 60.7 Å². The maximum atomic E-state index is 10.8. The van der Waals surface area contributed by atoms with Gasteiger partial charge in [0.2, 0.25) is 6.08 Å². The van der Waals surface area contributed by atoms with E-state index < -0.39 is 5.54 Å². The first-order chi connectivity index (χ1) is 10.8. The smallest absolute Gasteiger partial charge is 0.235 e. The van der Waals surface area contributed by atoms with Crippen LogP contribution in [0.2, 0.25) is 0 Å². The number of aliphatic imine (C=N–C) groups is 1. The van der Waals surface area contributed by atoms with Gasteiger partial charge in [0.25, 0.3) is 0 Å². The molecule has 118 valence electrons. The summed E-state index contributed by atoms with van der Waals surface area (Å²) in [6, 6.07) is 5.91. The van der Waals surface area contributed by atoms with Gasteiger partial charge in [-0.15, -0.1) is 0 Å². The van der Waals surface area contributed by atoms with Crippen molar-refractivity contribution in [2.75, 3.05) is 18.6 Å². The quantitative estimate of drug-likeness (QED) is 0.613. The van der Waals surface area contributed by atoms with Gasteiger partial charge in [-0.2, -0.15) is 16.8 Å². The second kappa shape index (κ2) is 6.76. The van der Waals surface area contributed by atoms with E-state index in [1.807, 2.05) is 30.0 Å². The number of benzene rings is 1. The zero-order valence-electron chi connectivity index (χ0n) is 12.8. The van der Waals surface area contributed by atoms with Crippen LogP contribution in [0.25, 0.3) is 0 Å². The fourth-order valence-corrected chi connectivity index (χ4v) is 4.16. The number of carbonyl (C=O) groups excluding carboxylic acids is 1. The maximum Gasteiger partial charge on any atom is 0.235 e. The highest BCUT2D eigenvalue weighted by molar-refractivity contribution is 7.99. The number of isocyanates is 1. The van der Waals surface area contributed by atoms with E-state index in [1.54, 1.807) is 13.2 Å². The average Bonchev–Trinajstić information content (AvgIpc) is 2.52. The molecule has 0 spiro atoms. The van der Waals surface area contributed by atoms with Crippen LogP contribution >= 0.6 is 11.8 Å². The first-order valence-electron chi connectivity index (χ1n) is 7.79. The van der Waals surface area contributed by atoms with Crippen molar-refractivity contribution in [3.63, 3.8) is 0 Å². The van der Waals surface area contributed by atoms with Crippen LogP contribution in [-0.4, -0.2) is 30.8 Å². The molecule has 4 nitrogen and oxygen atoms in total. The third kappa shape index (κ3) is 3.01. The third-order valence-electron chi connectivity index (χ3n) is 4.60. The molecular weight excluding hydrogens is 298 g/mol. The highest BCUT2D eigenvalue weighted by atomic mass is 32.2. The minimum absolute atomic E-state index is 0.248. The Bertz CT molecular complexity index is 573. The van der Waals surface area contributed by atoms with Gasteiger partial charge >= 0.3 is 0 Å². The highest BCUT2D eigenvalue weighted by Crippen LogP contribution is 2.47. The molecule has 0 unspecified atom stereocenters. The Morgan fingerprint density at radius 2 is 2.05 bits per heavy atom. The Hall–Kier alpha value is -1.45. The predicted molar refractivity (Wildman–Crippen MR) is 87.6 cm³/mol. The van der Waals surface area contributed by atoms with E-state index in [2.05, 4.69) is 4.99 Å². The molecule has 3 rings (SSSR count). The molecule has 1 saturated carbocycles. The largest absolute Gasteiger partial charge is 0.493 e. The van der Waals surface area contributed by atoms with Crippen molar-refractivity contribution in [3.05, 3.63) is 23.8 Å². The summed E-state index contributed by atoms with van der Waals surface area (Å²) in [4.78, 5) is 14.8. The van der Waals surface area contributed by atoms with Gasteiger partial charge in [0.05, 0.1) is 12.6 Å². The summed E-state index contributed by atoms with van der Waals surface area (Å²) in [7, 11) is 1.65. The van der Waals surface area contributed by atoms with Crippen LogP contribution in [0.3, 0.4) is 0 Å². The van der Waals surface area contributed by atoms with Gasteiger partial charge in [-0.3, -0.25) is 0 Å². The monoisotopic (exact) mass is 319 g/mol. The van der Waals surface area contributed by atoms with Gasteiger partial charge in [0.1, 0.15) is 6.10 Å². The Morgan fingerprint density at radius 1 is 1.27 bits per heavy atom. The lowest BCUT2D eigenvalue weighted by Gasteiger charge is -2.37. The van der Waals surface area contributed by atoms with E-state index in [9.17, 15) is 4.79 Å². The van der Waals surface area contributed by atoms with E-state index >= 15 is 0 Å². The molecule has 0 N–H and O–H groups in total. The molecule has 1 aliphatic heterocycles. The summed E-state index contributed by atoms with van der Waals surface area (Å²) in [5.74, 6) is 3.80. The average molecular weight is 319 g/mol. The Balaban J connectivity index is 1.87. The van der Waals surface area contributed by atoms with Gasteiger partial charge in [0, 0.05) is 0 Å². The van der Waals surface area contributed by atoms with Gasteiger partial charge in [0.15, 0.2) is 11.5 Å². The molecule has 0 radical (unpaired) electrons. The Labute approximate surface area is 135 Å². The summed E-state index contributed by atoms with van der Waals surface area (Å²) in [6.07, 6.45) is 7.00. The number of rotatable bonds is 5. The molecule has 1 aromatic rings. The number of ether oxygens (including phenoxy) is 2. The van der Waals surface area contributed by atoms with Crippen LogP contribution < -0.4 is 9.47 Å². The predicted octanol–water partition coefficient (Wildman–Crippen LogP) is 3.68. The van der Waals surface area contributed by atoms with Crippen LogP contribution in [0.1, 0.15) is 37.7 Å². The van der Waals surface area contributed by atoms with Crippen molar-refractivity contribution < 1.29 is 14.3 Å². The van der Waals surface area contributed by atoms with Crippen LogP contribution in [0.4, 0.5) is 0 Å². The molecule has 1 saturated heterocycles. The van der Waals surface area contributed by atoms with Gasteiger partial charge in [-0.05, 0) is 61.3 Å². The highest BCUT2D eigenvalue weighted by Gasteiger charge is 2.39. The zero-order chi connectivity index (χ0) is 15.4. The van der Waals surface area contributed by atoms with Crippen molar-refractivity contribution in [2.45, 2.75) is 43.7 Å². The molecule has 1 heterocycles. The van der Waals surface area contributed by atoms with Crippen LogP contribution in [0, 0.1) is 0 Å². The molecule has 2 aliphatic rings. The number of nitrogens with zero attached hydrogens (tertiary/aromatic N) is 1. The minimum atomic E-state index is -0.394. The molecule has 1 aliphatic carbocycles. The summed E-state index contributed by atoms with van der Waals surface area (Å²) in [5, 5.41) is 0. The Kier molecular flexibility index (Phi) is 4.74. The second-order valence-corrected chi connectivity index (χ2v) is 7.11. The lowest BCUT2D eigenvalue weighted by molar-refractivity contribution is 0.183. The molecule has 22 heavy (non-hydrogen) atoms. The maximum absolute atomic E-state index is 10.8. The lowest BCUT2D eigenvalue weighted by Crippen LogP contribution is -2.32.